The maximum atomic E-state index is 11.0. The average molecular weight is 226 g/mol. The van der Waals surface area contributed by atoms with E-state index in [9.17, 15) is 4.79 Å². The zero-order chi connectivity index (χ0) is 11.4. The minimum absolute atomic E-state index is 0.277. The SMILES string of the molecule is CC(=O)CN1CCN(C2CCOCC2)CC1. The Balaban J connectivity index is 1.73. The van der Waals surface area contributed by atoms with Crippen LogP contribution in [0.25, 0.3) is 0 Å². The molecule has 2 aliphatic heterocycles. The van der Waals surface area contributed by atoms with Gasteiger partial charge in [0, 0.05) is 45.4 Å². The summed E-state index contributed by atoms with van der Waals surface area (Å²) in [5.74, 6) is 0.277. The van der Waals surface area contributed by atoms with Gasteiger partial charge in [0.15, 0.2) is 0 Å². The van der Waals surface area contributed by atoms with Crippen LogP contribution in [0.4, 0.5) is 0 Å². The van der Waals surface area contributed by atoms with Crippen LogP contribution in [-0.4, -0.2) is 67.6 Å². The highest BCUT2D eigenvalue weighted by molar-refractivity contribution is 5.77. The van der Waals surface area contributed by atoms with E-state index in [0.717, 1.165) is 39.4 Å². The van der Waals surface area contributed by atoms with E-state index in [1.54, 1.807) is 6.92 Å². The first kappa shape index (κ1) is 12.0. The smallest absolute Gasteiger partial charge is 0.143 e. The molecule has 0 aromatic rings. The van der Waals surface area contributed by atoms with Crippen molar-refractivity contribution in [2.45, 2.75) is 25.8 Å². The quantitative estimate of drug-likeness (QED) is 0.696. The molecular formula is C12H22N2O2. The van der Waals surface area contributed by atoms with Crippen LogP contribution in [0.1, 0.15) is 19.8 Å². The van der Waals surface area contributed by atoms with E-state index in [-0.39, 0.29) is 5.78 Å². The molecule has 0 spiro atoms. The molecule has 2 aliphatic rings. The minimum Gasteiger partial charge on any atom is -0.381 e. The summed E-state index contributed by atoms with van der Waals surface area (Å²) in [6, 6.07) is 0.716. The fourth-order valence-corrected chi connectivity index (χ4v) is 2.65. The Bertz CT molecular complexity index is 231. The second kappa shape index (κ2) is 5.75. The van der Waals surface area contributed by atoms with Crippen molar-refractivity contribution in [1.82, 2.24) is 9.80 Å². The average Bonchev–Trinajstić information content (AvgIpc) is 2.30. The van der Waals surface area contributed by atoms with Crippen molar-refractivity contribution in [2.24, 2.45) is 0 Å². The maximum absolute atomic E-state index is 11.0. The minimum atomic E-state index is 0.277. The Kier molecular flexibility index (Phi) is 4.32. The fraction of sp³-hybridized carbons (Fsp3) is 0.917. The van der Waals surface area contributed by atoms with Gasteiger partial charge >= 0.3 is 0 Å². The topological polar surface area (TPSA) is 32.8 Å². The van der Waals surface area contributed by atoms with E-state index in [1.165, 1.54) is 12.8 Å². The van der Waals surface area contributed by atoms with Gasteiger partial charge in [0.1, 0.15) is 5.78 Å². The lowest BCUT2D eigenvalue weighted by Gasteiger charge is -2.40. The highest BCUT2D eigenvalue weighted by atomic mass is 16.5. The normalized spacial score (nSPS) is 25.8. The molecule has 4 heteroatoms. The Labute approximate surface area is 97.5 Å². The van der Waals surface area contributed by atoms with Crippen molar-refractivity contribution in [3.05, 3.63) is 0 Å². The third kappa shape index (κ3) is 3.27. The summed E-state index contributed by atoms with van der Waals surface area (Å²) >= 11 is 0. The summed E-state index contributed by atoms with van der Waals surface area (Å²) in [5, 5.41) is 0. The van der Waals surface area contributed by atoms with Gasteiger partial charge in [-0.2, -0.15) is 0 Å². The maximum Gasteiger partial charge on any atom is 0.143 e. The van der Waals surface area contributed by atoms with E-state index >= 15 is 0 Å². The summed E-state index contributed by atoms with van der Waals surface area (Å²) in [6.07, 6.45) is 2.35. The van der Waals surface area contributed by atoms with Gasteiger partial charge < -0.3 is 4.74 Å². The van der Waals surface area contributed by atoms with Gasteiger partial charge in [-0.25, -0.2) is 0 Å². The first-order chi connectivity index (χ1) is 7.75. The molecule has 0 aliphatic carbocycles. The first-order valence-electron chi connectivity index (χ1n) is 6.29. The predicted octanol–water partition coefficient (Wildman–Crippen LogP) is 0.372. The molecule has 0 saturated carbocycles. The Hall–Kier alpha value is -0.450. The van der Waals surface area contributed by atoms with Crippen LogP contribution >= 0.6 is 0 Å². The van der Waals surface area contributed by atoms with Gasteiger partial charge in [-0.1, -0.05) is 0 Å². The zero-order valence-corrected chi connectivity index (χ0v) is 10.2. The molecule has 2 fully saturated rings. The van der Waals surface area contributed by atoms with Crippen molar-refractivity contribution >= 4 is 5.78 Å². The molecule has 92 valence electrons. The van der Waals surface area contributed by atoms with Gasteiger partial charge in [-0.3, -0.25) is 14.6 Å². The highest BCUT2D eigenvalue weighted by Crippen LogP contribution is 2.16. The number of carbonyl (C=O) groups is 1. The largest absolute Gasteiger partial charge is 0.381 e. The lowest BCUT2D eigenvalue weighted by atomic mass is 10.1. The summed E-state index contributed by atoms with van der Waals surface area (Å²) in [6.45, 7) is 8.42. The van der Waals surface area contributed by atoms with E-state index in [0.29, 0.717) is 12.6 Å². The molecule has 2 heterocycles. The van der Waals surface area contributed by atoms with Crippen molar-refractivity contribution in [3.63, 3.8) is 0 Å². The molecule has 2 saturated heterocycles. The number of nitrogens with zero attached hydrogens (tertiary/aromatic N) is 2. The molecule has 0 amide bonds. The molecule has 4 nitrogen and oxygen atoms in total. The van der Waals surface area contributed by atoms with Gasteiger partial charge in [0.05, 0.1) is 6.54 Å². The molecule has 0 radical (unpaired) electrons. The molecule has 16 heavy (non-hydrogen) atoms. The number of carbonyl (C=O) groups excluding carboxylic acids is 1. The van der Waals surface area contributed by atoms with Gasteiger partial charge in [0.2, 0.25) is 0 Å². The highest BCUT2D eigenvalue weighted by Gasteiger charge is 2.25. The van der Waals surface area contributed by atoms with Crippen LogP contribution in [0.3, 0.4) is 0 Å². The zero-order valence-electron chi connectivity index (χ0n) is 10.2. The third-order valence-corrected chi connectivity index (χ3v) is 3.56. The number of hydrogen-bond donors (Lipinski definition) is 0. The Morgan fingerprint density at radius 1 is 1.19 bits per heavy atom. The molecule has 0 bridgehead atoms. The van der Waals surface area contributed by atoms with E-state index in [4.69, 9.17) is 4.74 Å². The van der Waals surface area contributed by atoms with E-state index in [1.807, 2.05) is 0 Å². The number of rotatable bonds is 3. The third-order valence-electron chi connectivity index (χ3n) is 3.56. The van der Waals surface area contributed by atoms with Crippen LogP contribution in [0, 0.1) is 0 Å². The number of Topliss-reactive ketones (excluding diaryl/α,β-unsaturated/α-hetero) is 1. The van der Waals surface area contributed by atoms with Gasteiger partial charge in [0.25, 0.3) is 0 Å². The van der Waals surface area contributed by atoms with Crippen LogP contribution in [0.2, 0.25) is 0 Å². The summed E-state index contributed by atoms with van der Waals surface area (Å²) in [7, 11) is 0. The molecule has 0 N–H and O–H groups in total. The van der Waals surface area contributed by atoms with E-state index in [2.05, 4.69) is 9.80 Å². The Morgan fingerprint density at radius 2 is 1.81 bits per heavy atom. The first-order valence-corrected chi connectivity index (χ1v) is 6.29. The molecular weight excluding hydrogens is 204 g/mol. The van der Waals surface area contributed by atoms with Crippen LogP contribution in [0.5, 0.6) is 0 Å². The van der Waals surface area contributed by atoms with Crippen molar-refractivity contribution in [1.29, 1.82) is 0 Å². The molecule has 0 unspecified atom stereocenters. The standard InChI is InChI=1S/C12H22N2O2/c1-11(15)10-13-4-6-14(7-5-13)12-2-8-16-9-3-12/h12H,2-10H2,1H3. The fourth-order valence-electron chi connectivity index (χ4n) is 2.65. The predicted molar refractivity (Wildman–Crippen MR) is 62.5 cm³/mol. The second-order valence-electron chi connectivity index (χ2n) is 4.86. The number of ketones is 1. The number of piperazine rings is 1. The summed E-state index contributed by atoms with van der Waals surface area (Å²) in [5.41, 5.74) is 0. The van der Waals surface area contributed by atoms with Gasteiger partial charge in [-0.15, -0.1) is 0 Å². The van der Waals surface area contributed by atoms with Crippen molar-refractivity contribution < 1.29 is 9.53 Å². The monoisotopic (exact) mass is 226 g/mol. The summed E-state index contributed by atoms with van der Waals surface area (Å²) in [4.78, 5) is 15.9. The molecule has 2 rings (SSSR count). The van der Waals surface area contributed by atoms with Crippen LogP contribution in [-0.2, 0) is 9.53 Å². The lowest BCUT2D eigenvalue weighted by molar-refractivity contribution is -0.118. The summed E-state index contributed by atoms with van der Waals surface area (Å²) < 4.78 is 5.38. The molecule has 0 aromatic heterocycles. The van der Waals surface area contributed by atoms with Gasteiger partial charge in [-0.05, 0) is 19.8 Å². The molecule has 0 aromatic carbocycles. The van der Waals surface area contributed by atoms with Crippen molar-refractivity contribution in [2.75, 3.05) is 45.9 Å². The Morgan fingerprint density at radius 3 is 2.38 bits per heavy atom. The van der Waals surface area contributed by atoms with Crippen LogP contribution < -0.4 is 0 Å². The lowest BCUT2D eigenvalue weighted by Crippen LogP contribution is -2.52. The van der Waals surface area contributed by atoms with E-state index < -0.39 is 0 Å². The van der Waals surface area contributed by atoms with Crippen LogP contribution in [0.15, 0.2) is 0 Å². The van der Waals surface area contributed by atoms with Crippen molar-refractivity contribution in [3.8, 4) is 0 Å². The number of ether oxygens (including phenoxy) is 1. The second-order valence-corrected chi connectivity index (χ2v) is 4.86. The molecule has 0 atom stereocenters. The number of hydrogen-bond acceptors (Lipinski definition) is 4.